The van der Waals surface area contributed by atoms with Gasteiger partial charge in [0.2, 0.25) is 5.91 Å². The minimum absolute atomic E-state index is 0.0510. The Labute approximate surface area is 124 Å². The average Bonchev–Trinajstić information content (AvgIpc) is 2.68. The summed E-state index contributed by atoms with van der Waals surface area (Å²) in [7, 11) is 0. The number of halogens is 2. The number of fused-ring (bicyclic) bond motifs is 1. The van der Waals surface area contributed by atoms with Crippen LogP contribution in [0.15, 0.2) is 17.4 Å². The smallest absolute Gasteiger partial charge is 0.230 e. The van der Waals surface area contributed by atoms with E-state index in [9.17, 15) is 4.79 Å². The fourth-order valence-electron chi connectivity index (χ4n) is 1.49. The van der Waals surface area contributed by atoms with E-state index in [1.165, 1.54) is 11.8 Å². The van der Waals surface area contributed by atoms with Gasteiger partial charge in [-0.05, 0) is 19.9 Å². The fourth-order valence-corrected chi connectivity index (χ4v) is 2.72. The molecule has 8 heteroatoms. The SMILES string of the molecule is CC(C)NC(=O)CSc1nnc2c(Cl)cc(Cl)cn12. The van der Waals surface area contributed by atoms with E-state index in [4.69, 9.17) is 23.2 Å². The van der Waals surface area contributed by atoms with Crippen molar-refractivity contribution in [1.82, 2.24) is 19.9 Å². The predicted molar refractivity (Wildman–Crippen MR) is 77.0 cm³/mol. The van der Waals surface area contributed by atoms with Crippen LogP contribution in [0.1, 0.15) is 13.8 Å². The second-order valence-corrected chi connectivity index (χ2v) is 5.98. The zero-order chi connectivity index (χ0) is 14.0. The number of amides is 1. The van der Waals surface area contributed by atoms with Crippen molar-refractivity contribution in [3.05, 3.63) is 22.3 Å². The molecule has 102 valence electrons. The Hall–Kier alpha value is -0.980. The molecule has 0 atom stereocenters. The number of pyridine rings is 1. The molecule has 2 heterocycles. The predicted octanol–water partition coefficient (Wildman–Crippen LogP) is 2.65. The second-order valence-electron chi connectivity index (χ2n) is 4.19. The number of hydrogen-bond acceptors (Lipinski definition) is 4. The van der Waals surface area contributed by atoms with Crippen LogP contribution in [-0.2, 0) is 4.79 Å². The minimum atomic E-state index is -0.0510. The van der Waals surface area contributed by atoms with Crippen molar-refractivity contribution in [3.63, 3.8) is 0 Å². The Kier molecular flexibility index (Phi) is 4.54. The van der Waals surface area contributed by atoms with Gasteiger partial charge in [0, 0.05) is 12.2 Å². The van der Waals surface area contributed by atoms with Crippen molar-refractivity contribution >= 4 is 46.5 Å². The van der Waals surface area contributed by atoms with Crippen LogP contribution in [0, 0.1) is 0 Å². The van der Waals surface area contributed by atoms with Gasteiger partial charge in [0.1, 0.15) is 0 Å². The van der Waals surface area contributed by atoms with E-state index >= 15 is 0 Å². The molecule has 0 unspecified atom stereocenters. The molecular formula is C11H12Cl2N4OS. The van der Waals surface area contributed by atoms with E-state index in [0.29, 0.717) is 20.8 Å². The highest BCUT2D eigenvalue weighted by atomic mass is 35.5. The van der Waals surface area contributed by atoms with Crippen molar-refractivity contribution in [1.29, 1.82) is 0 Å². The van der Waals surface area contributed by atoms with Crippen LogP contribution in [0.3, 0.4) is 0 Å². The Morgan fingerprint density at radius 1 is 1.47 bits per heavy atom. The van der Waals surface area contributed by atoms with Gasteiger partial charge in [-0.3, -0.25) is 9.20 Å². The molecule has 0 fully saturated rings. The van der Waals surface area contributed by atoms with Crippen LogP contribution in [0.2, 0.25) is 10.0 Å². The van der Waals surface area contributed by atoms with Crippen LogP contribution >= 0.6 is 35.0 Å². The van der Waals surface area contributed by atoms with Gasteiger partial charge >= 0.3 is 0 Å². The van der Waals surface area contributed by atoms with Crippen molar-refractivity contribution in [2.45, 2.75) is 25.0 Å². The quantitative estimate of drug-likeness (QED) is 0.880. The maximum absolute atomic E-state index is 11.6. The first kappa shape index (κ1) is 14.4. The summed E-state index contributed by atoms with van der Waals surface area (Å²) in [5, 5.41) is 12.3. The van der Waals surface area contributed by atoms with Gasteiger partial charge in [0.05, 0.1) is 15.8 Å². The molecule has 0 bridgehead atoms. The molecule has 0 aliphatic carbocycles. The fraction of sp³-hybridized carbons (Fsp3) is 0.364. The summed E-state index contributed by atoms with van der Waals surface area (Å²) >= 11 is 13.2. The van der Waals surface area contributed by atoms with E-state index in [-0.39, 0.29) is 17.7 Å². The van der Waals surface area contributed by atoms with Gasteiger partial charge < -0.3 is 5.32 Å². The third-order valence-corrected chi connectivity index (χ3v) is 3.61. The number of hydrogen-bond donors (Lipinski definition) is 1. The number of carbonyl (C=O) groups excluding carboxylic acids is 1. The molecule has 19 heavy (non-hydrogen) atoms. The summed E-state index contributed by atoms with van der Waals surface area (Å²) in [6, 6.07) is 1.72. The van der Waals surface area contributed by atoms with Crippen molar-refractivity contribution < 1.29 is 4.79 Å². The van der Waals surface area contributed by atoms with E-state index in [1.54, 1.807) is 16.7 Å². The van der Waals surface area contributed by atoms with Crippen molar-refractivity contribution in [2.75, 3.05) is 5.75 Å². The first-order chi connectivity index (χ1) is 8.97. The highest BCUT2D eigenvalue weighted by Gasteiger charge is 2.12. The molecule has 0 radical (unpaired) electrons. The maximum atomic E-state index is 11.6. The average molecular weight is 319 g/mol. The number of carbonyl (C=O) groups is 1. The topological polar surface area (TPSA) is 59.3 Å². The molecule has 0 saturated heterocycles. The number of rotatable bonds is 4. The summed E-state index contributed by atoms with van der Waals surface area (Å²) in [6.07, 6.45) is 1.67. The third-order valence-electron chi connectivity index (χ3n) is 2.18. The molecule has 1 amide bonds. The molecule has 0 aliphatic heterocycles. The molecule has 2 aromatic rings. The summed E-state index contributed by atoms with van der Waals surface area (Å²) < 4.78 is 1.68. The van der Waals surface area contributed by atoms with E-state index in [0.717, 1.165) is 0 Å². The highest BCUT2D eigenvalue weighted by Crippen LogP contribution is 2.25. The largest absolute Gasteiger partial charge is 0.353 e. The van der Waals surface area contributed by atoms with Crippen LogP contribution < -0.4 is 5.32 Å². The molecule has 0 aromatic carbocycles. The first-order valence-corrected chi connectivity index (χ1v) is 7.33. The van der Waals surface area contributed by atoms with E-state index in [2.05, 4.69) is 15.5 Å². The summed E-state index contributed by atoms with van der Waals surface area (Å²) in [4.78, 5) is 11.6. The Bertz CT molecular complexity index is 614. The Morgan fingerprint density at radius 3 is 2.89 bits per heavy atom. The molecule has 0 aliphatic rings. The monoisotopic (exact) mass is 318 g/mol. The molecule has 5 nitrogen and oxygen atoms in total. The van der Waals surface area contributed by atoms with Crippen LogP contribution in [0.5, 0.6) is 0 Å². The van der Waals surface area contributed by atoms with Crippen LogP contribution in [0.25, 0.3) is 5.65 Å². The van der Waals surface area contributed by atoms with Gasteiger partial charge in [-0.25, -0.2) is 0 Å². The summed E-state index contributed by atoms with van der Waals surface area (Å²) in [6.45, 7) is 3.82. The van der Waals surface area contributed by atoms with Crippen molar-refractivity contribution in [2.24, 2.45) is 0 Å². The molecule has 2 rings (SSSR count). The third kappa shape index (κ3) is 3.52. The lowest BCUT2D eigenvalue weighted by Crippen LogP contribution is -2.31. The lowest BCUT2D eigenvalue weighted by molar-refractivity contribution is -0.119. The second kappa shape index (κ2) is 5.98. The molecule has 0 saturated carbocycles. The standard InChI is InChI=1S/C11H12Cl2N4OS/c1-6(2)14-9(18)5-19-11-16-15-10-8(13)3-7(12)4-17(10)11/h3-4,6H,5H2,1-2H3,(H,14,18). The van der Waals surface area contributed by atoms with E-state index < -0.39 is 0 Å². The van der Waals surface area contributed by atoms with Gasteiger partial charge in [0.15, 0.2) is 10.8 Å². The van der Waals surface area contributed by atoms with Gasteiger partial charge in [-0.15, -0.1) is 10.2 Å². The molecular weight excluding hydrogens is 307 g/mol. The van der Waals surface area contributed by atoms with Gasteiger partial charge in [-0.2, -0.15) is 0 Å². The number of aromatic nitrogens is 3. The lowest BCUT2D eigenvalue weighted by Gasteiger charge is -2.07. The lowest BCUT2D eigenvalue weighted by atomic mass is 10.4. The molecule has 0 spiro atoms. The Balaban J connectivity index is 2.15. The van der Waals surface area contributed by atoms with E-state index in [1.807, 2.05) is 13.8 Å². The van der Waals surface area contributed by atoms with Crippen molar-refractivity contribution in [3.8, 4) is 0 Å². The molecule has 1 N–H and O–H groups in total. The summed E-state index contributed by atoms with van der Waals surface area (Å²) in [5.41, 5.74) is 0.526. The van der Waals surface area contributed by atoms with Crippen LogP contribution in [0.4, 0.5) is 0 Å². The summed E-state index contributed by atoms with van der Waals surface area (Å²) in [5.74, 6) is 0.216. The highest BCUT2D eigenvalue weighted by molar-refractivity contribution is 7.99. The zero-order valence-corrected chi connectivity index (χ0v) is 12.7. The van der Waals surface area contributed by atoms with Gasteiger partial charge in [0.25, 0.3) is 0 Å². The maximum Gasteiger partial charge on any atom is 0.230 e. The Morgan fingerprint density at radius 2 is 2.21 bits per heavy atom. The molecule has 2 aromatic heterocycles. The van der Waals surface area contributed by atoms with Crippen LogP contribution in [-0.4, -0.2) is 32.3 Å². The zero-order valence-electron chi connectivity index (χ0n) is 10.4. The number of nitrogens with one attached hydrogen (secondary N) is 1. The number of nitrogens with zero attached hydrogens (tertiary/aromatic N) is 3. The minimum Gasteiger partial charge on any atom is -0.353 e. The normalized spacial score (nSPS) is 11.2. The number of thioether (sulfide) groups is 1. The van der Waals surface area contributed by atoms with Gasteiger partial charge in [-0.1, -0.05) is 35.0 Å². The first-order valence-electron chi connectivity index (χ1n) is 5.59.